The van der Waals surface area contributed by atoms with Gasteiger partial charge in [0.1, 0.15) is 0 Å². The van der Waals surface area contributed by atoms with Crippen molar-refractivity contribution in [2.24, 2.45) is 0 Å². The number of carbonyl (C=O) groups excluding carboxylic acids is 1. The number of amides is 1. The summed E-state index contributed by atoms with van der Waals surface area (Å²) in [5.74, 6) is 0.146. The van der Waals surface area contributed by atoms with Crippen molar-refractivity contribution in [2.75, 3.05) is 11.1 Å². The van der Waals surface area contributed by atoms with Crippen molar-refractivity contribution in [3.63, 3.8) is 0 Å². The third-order valence-corrected chi connectivity index (χ3v) is 4.20. The van der Waals surface area contributed by atoms with Gasteiger partial charge in [0.25, 0.3) is 0 Å². The first-order valence-corrected chi connectivity index (χ1v) is 8.45. The highest BCUT2D eigenvalue weighted by Crippen LogP contribution is 2.19. The summed E-state index contributed by atoms with van der Waals surface area (Å²) in [4.78, 5) is 12.2. The first kappa shape index (κ1) is 16.2. The Hall–Kier alpha value is -2.67. The first-order valence-electron chi connectivity index (χ1n) is 7.46. The van der Waals surface area contributed by atoms with Gasteiger partial charge in [0.05, 0.1) is 11.4 Å². The SMILES string of the molecule is Cc1cc(C)cc(NC(=O)CSc2nnnn2-c2ccccc2)c1. The van der Waals surface area contributed by atoms with Crippen molar-refractivity contribution in [1.29, 1.82) is 0 Å². The predicted molar refractivity (Wildman–Crippen MR) is 94.4 cm³/mol. The zero-order chi connectivity index (χ0) is 16.9. The second-order valence-electron chi connectivity index (χ2n) is 5.42. The smallest absolute Gasteiger partial charge is 0.234 e. The quantitative estimate of drug-likeness (QED) is 0.724. The monoisotopic (exact) mass is 339 g/mol. The van der Waals surface area contributed by atoms with Crippen molar-refractivity contribution in [3.8, 4) is 5.69 Å². The molecule has 0 aliphatic carbocycles. The summed E-state index contributed by atoms with van der Waals surface area (Å²) in [6.07, 6.45) is 0. The van der Waals surface area contributed by atoms with Crippen LogP contribution < -0.4 is 5.32 Å². The minimum atomic E-state index is -0.0902. The Labute approximate surface area is 144 Å². The summed E-state index contributed by atoms with van der Waals surface area (Å²) in [7, 11) is 0. The van der Waals surface area contributed by atoms with Gasteiger partial charge in [-0.2, -0.15) is 4.68 Å². The maximum atomic E-state index is 12.2. The van der Waals surface area contributed by atoms with Gasteiger partial charge in [-0.25, -0.2) is 0 Å². The highest BCUT2D eigenvalue weighted by molar-refractivity contribution is 7.99. The average molecular weight is 339 g/mol. The molecule has 3 rings (SSSR count). The molecule has 1 amide bonds. The van der Waals surface area contributed by atoms with E-state index in [1.165, 1.54) is 11.8 Å². The molecular weight excluding hydrogens is 322 g/mol. The number of anilines is 1. The molecule has 0 atom stereocenters. The number of para-hydroxylation sites is 1. The minimum absolute atomic E-state index is 0.0902. The first-order chi connectivity index (χ1) is 11.6. The third-order valence-electron chi connectivity index (χ3n) is 3.28. The molecule has 0 spiro atoms. The lowest BCUT2D eigenvalue weighted by atomic mass is 10.1. The second-order valence-corrected chi connectivity index (χ2v) is 6.36. The number of hydrogen-bond donors (Lipinski definition) is 1. The van der Waals surface area contributed by atoms with E-state index in [0.29, 0.717) is 5.16 Å². The van der Waals surface area contributed by atoms with Crippen LogP contribution in [0.3, 0.4) is 0 Å². The van der Waals surface area contributed by atoms with Crippen LogP contribution in [-0.4, -0.2) is 31.9 Å². The summed E-state index contributed by atoms with van der Waals surface area (Å²) in [6, 6.07) is 15.5. The molecule has 0 saturated carbocycles. The Balaban J connectivity index is 1.64. The normalized spacial score (nSPS) is 10.6. The molecule has 6 nitrogen and oxygen atoms in total. The molecule has 24 heavy (non-hydrogen) atoms. The van der Waals surface area contributed by atoms with Crippen molar-refractivity contribution < 1.29 is 4.79 Å². The van der Waals surface area contributed by atoms with Gasteiger partial charge >= 0.3 is 0 Å². The number of thioether (sulfide) groups is 1. The fourth-order valence-electron chi connectivity index (χ4n) is 2.37. The van der Waals surface area contributed by atoms with Crippen molar-refractivity contribution in [1.82, 2.24) is 20.2 Å². The zero-order valence-electron chi connectivity index (χ0n) is 13.4. The Morgan fingerprint density at radius 1 is 1.12 bits per heavy atom. The van der Waals surface area contributed by atoms with E-state index in [9.17, 15) is 4.79 Å². The van der Waals surface area contributed by atoms with E-state index in [0.717, 1.165) is 22.5 Å². The molecule has 0 saturated heterocycles. The van der Waals surface area contributed by atoms with Gasteiger partial charge < -0.3 is 5.32 Å². The highest BCUT2D eigenvalue weighted by atomic mass is 32.2. The molecule has 0 radical (unpaired) electrons. The molecule has 0 aliphatic rings. The van der Waals surface area contributed by atoms with Crippen LogP contribution in [0, 0.1) is 13.8 Å². The molecule has 0 aliphatic heterocycles. The molecular formula is C17H17N5OS. The van der Waals surface area contributed by atoms with Crippen LogP contribution in [0.15, 0.2) is 53.7 Å². The molecule has 122 valence electrons. The van der Waals surface area contributed by atoms with Gasteiger partial charge in [-0.3, -0.25) is 4.79 Å². The van der Waals surface area contributed by atoms with Crippen LogP contribution >= 0.6 is 11.8 Å². The molecule has 3 aromatic rings. The summed E-state index contributed by atoms with van der Waals surface area (Å²) in [5, 5.41) is 15.1. The van der Waals surface area contributed by atoms with Crippen LogP contribution in [0.25, 0.3) is 5.69 Å². The van der Waals surface area contributed by atoms with Crippen LogP contribution in [0.2, 0.25) is 0 Å². The number of aromatic nitrogens is 4. The lowest BCUT2D eigenvalue weighted by Gasteiger charge is -2.07. The second kappa shape index (κ2) is 7.27. The van der Waals surface area contributed by atoms with Crippen LogP contribution in [0.1, 0.15) is 11.1 Å². The summed E-state index contributed by atoms with van der Waals surface area (Å²) in [5.41, 5.74) is 3.90. The average Bonchev–Trinajstić information content (AvgIpc) is 3.01. The van der Waals surface area contributed by atoms with E-state index < -0.39 is 0 Å². The molecule has 0 bridgehead atoms. The molecule has 0 unspecified atom stereocenters. The third kappa shape index (κ3) is 3.99. The number of aryl methyl sites for hydroxylation is 2. The number of benzene rings is 2. The number of nitrogens with one attached hydrogen (secondary N) is 1. The van der Waals surface area contributed by atoms with Crippen LogP contribution in [0.5, 0.6) is 0 Å². The maximum Gasteiger partial charge on any atom is 0.234 e. The standard InChI is InChI=1S/C17H17N5OS/c1-12-8-13(2)10-14(9-12)18-16(23)11-24-17-19-20-21-22(17)15-6-4-3-5-7-15/h3-10H,11H2,1-2H3,(H,18,23). The zero-order valence-corrected chi connectivity index (χ0v) is 14.2. The molecule has 1 N–H and O–H groups in total. The van der Waals surface area contributed by atoms with E-state index in [2.05, 4.69) is 26.9 Å². The molecule has 1 heterocycles. The van der Waals surface area contributed by atoms with Crippen LogP contribution in [0.4, 0.5) is 5.69 Å². The molecule has 0 fully saturated rings. The summed E-state index contributed by atoms with van der Waals surface area (Å²) in [6.45, 7) is 4.01. The molecule has 2 aromatic carbocycles. The number of rotatable bonds is 5. The maximum absolute atomic E-state index is 12.2. The van der Waals surface area contributed by atoms with Crippen LogP contribution in [-0.2, 0) is 4.79 Å². The Kier molecular flexibility index (Phi) is 4.90. The number of carbonyl (C=O) groups is 1. The lowest BCUT2D eigenvalue weighted by molar-refractivity contribution is -0.113. The van der Waals surface area contributed by atoms with Gasteiger partial charge in [-0.15, -0.1) is 5.10 Å². The predicted octanol–water partition coefficient (Wildman–Crippen LogP) is 3.01. The minimum Gasteiger partial charge on any atom is -0.325 e. The lowest BCUT2D eigenvalue weighted by Crippen LogP contribution is -2.14. The number of hydrogen-bond acceptors (Lipinski definition) is 5. The van der Waals surface area contributed by atoms with Gasteiger partial charge in [0.15, 0.2) is 0 Å². The Morgan fingerprint density at radius 3 is 2.54 bits per heavy atom. The molecule has 7 heteroatoms. The highest BCUT2D eigenvalue weighted by Gasteiger charge is 2.11. The topological polar surface area (TPSA) is 72.7 Å². The van der Waals surface area contributed by atoms with Gasteiger partial charge in [0, 0.05) is 5.69 Å². The van der Waals surface area contributed by atoms with Gasteiger partial charge in [-0.05, 0) is 59.7 Å². The van der Waals surface area contributed by atoms with E-state index in [-0.39, 0.29) is 11.7 Å². The van der Waals surface area contributed by atoms with Crippen molar-refractivity contribution >= 4 is 23.4 Å². The van der Waals surface area contributed by atoms with Gasteiger partial charge in [0.2, 0.25) is 11.1 Å². The van der Waals surface area contributed by atoms with Gasteiger partial charge in [-0.1, -0.05) is 36.0 Å². The Bertz CT molecular complexity index is 827. The fraction of sp³-hybridized carbons (Fsp3) is 0.176. The largest absolute Gasteiger partial charge is 0.325 e. The Morgan fingerprint density at radius 2 is 1.83 bits per heavy atom. The summed E-state index contributed by atoms with van der Waals surface area (Å²) < 4.78 is 1.62. The van der Waals surface area contributed by atoms with E-state index in [4.69, 9.17) is 0 Å². The number of tetrazole rings is 1. The van der Waals surface area contributed by atoms with Crippen molar-refractivity contribution in [2.45, 2.75) is 19.0 Å². The number of nitrogens with zero attached hydrogens (tertiary/aromatic N) is 4. The fourth-order valence-corrected chi connectivity index (χ4v) is 3.06. The molecule has 1 aromatic heterocycles. The van der Waals surface area contributed by atoms with Crippen molar-refractivity contribution in [3.05, 3.63) is 59.7 Å². The van der Waals surface area contributed by atoms with E-state index in [1.807, 2.05) is 56.3 Å². The van der Waals surface area contributed by atoms with E-state index in [1.54, 1.807) is 4.68 Å². The van der Waals surface area contributed by atoms with E-state index >= 15 is 0 Å². The summed E-state index contributed by atoms with van der Waals surface area (Å²) >= 11 is 1.30.